The van der Waals surface area contributed by atoms with Crippen molar-refractivity contribution in [2.45, 2.75) is 18.9 Å². The number of pyridine rings is 1. The van der Waals surface area contributed by atoms with Crippen molar-refractivity contribution in [2.75, 3.05) is 7.05 Å². The Hall–Kier alpha value is -1.18. The maximum atomic E-state index is 4.12. The van der Waals surface area contributed by atoms with E-state index in [4.69, 9.17) is 0 Å². The van der Waals surface area contributed by atoms with Crippen LogP contribution < -0.4 is 0 Å². The third-order valence-corrected chi connectivity index (χ3v) is 2.42. The van der Waals surface area contributed by atoms with Crippen LogP contribution in [0, 0.1) is 0 Å². The zero-order valence-electron chi connectivity index (χ0n) is 7.27. The zero-order chi connectivity index (χ0) is 8.39. The van der Waals surface area contributed by atoms with E-state index in [1.165, 1.54) is 18.4 Å². The average Bonchev–Trinajstić information content (AvgIpc) is 2.53. The van der Waals surface area contributed by atoms with Gasteiger partial charge in [-0.1, -0.05) is 0 Å². The molecule has 0 unspecified atom stereocenters. The second-order valence-electron chi connectivity index (χ2n) is 3.23. The summed E-state index contributed by atoms with van der Waals surface area (Å²) in [7, 11) is 2.13. The molecule has 2 heterocycles. The molecule has 1 aromatic heterocycles. The molecule has 0 saturated carbocycles. The smallest absolute Gasteiger partial charge is 0.179 e. The highest BCUT2D eigenvalue weighted by atomic mass is 15.0. The molecular weight excluding hydrogens is 148 g/mol. The summed E-state index contributed by atoms with van der Waals surface area (Å²) >= 11 is 0. The monoisotopic (exact) mass is 161 g/mol. The third kappa shape index (κ3) is 1.24. The van der Waals surface area contributed by atoms with Gasteiger partial charge in [0.2, 0.25) is 0 Å². The van der Waals surface area contributed by atoms with Crippen LogP contribution in [0.5, 0.6) is 0 Å². The second kappa shape index (κ2) is 3.05. The number of nitrogens with zero attached hydrogens (tertiary/aromatic N) is 2. The summed E-state index contributed by atoms with van der Waals surface area (Å²) in [5.74, 6) is 0. The van der Waals surface area contributed by atoms with Crippen LogP contribution in [-0.4, -0.2) is 22.8 Å². The first kappa shape index (κ1) is 7.47. The van der Waals surface area contributed by atoms with Crippen LogP contribution in [0.2, 0.25) is 0 Å². The van der Waals surface area contributed by atoms with E-state index in [1.54, 1.807) is 0 Å². The molecule has 2 nitrogen and oxygen atoms in total. The van der Waals surface area contributed by atoms with Crippen molar-refractivity contribution in [3.63, 3.8) is 0 Å². The predicted molar refractivity (Wildman–Crippen MR) is 48.5 cm³/mol. The highest BCUT2D eigenvalue weighted by Crippen LogP contribution is 2.23. The molecule has 2 rings (SSSR count). The number of aromatic nitrogens is 1. The number of hydrogen-bond acceptors (Lipinski definition) is 1. The van der Waals surface area contributed by atoms with Gasteiger partial charge in [0, 0.05) is 30.8 Å². The molecule has 1 atom stereocenters. The van der Waals surface area contributed by atoms with Crippen molar-refractivity contribution >= 4 is 6.21 Å². The van der Waals surface area contributed by atoms with Gasteiger partial charge >= 0.3 is 0 Å². The van der Waals surface area contributed by atoms with Crippen LogP contribution in [0.4, 0.5) is 0 Å². The molecule has 0 N–H and O–H groups in total. The highest BCUT2D eigenvalue weighted by Gasteiger charge is 2.24. The van der Waals surface area contributed by atoms with Crippen molar-refractivity contribution in [1.82, 2.24) is 4.98 Å². The Labute approximate surface area is 72.6 Å². The largest absolute Gasteiger partial charge is 0.264 e. The maximum absolute atomic E-state index is 4.12. The Morgan fingerprint density at radius 1 is 1.58 bits per heavy atom. The van der Waals surface area contributed by atoms with E-state index >= 15 is 0 Å². The van der Waals surface area contributed by atoms with Crippen LogP contribution in [0.1, 0.15) is 24.4 Å². The molecule has 1 aliphatic rings. The lowest BCUT2D eigenvalue weighted by atomic mass is 10.1. The van der Waals surface area contributed by atoms with E-state index in [-0.39, 0.29) is 0 Å². The van der Waals surface area contributed by atoms with E-state index in [0.717, 1.165) is 0 Å². The van der Waals surface area contributed by atoms with Crippen LogP contribution in [-0.2, 0) is 0 Å². The Morgan fingerprint density at radius 3 is 3.08 bits per heavy atom. The Kier molecular flexibility index (Phi) is 1.90. The summed E-state index contributed by atoms with van der Waals surface area (Å²) in [5.41, 5.74) is 1.33. The van der Waals surface area contributed by atoms with Crippen molar-refractivity contribution in [2.24, 2.45) is 0 Å². The lowest BCUT2D eigenvalue weighted by molar-refractivity contribution is -0.532. The van der Waals surface area contributed by atoms with Crippen molar-refractivity contribution in [3.05, 3.63) is 30.1 Å². The summed E-state index contributed by atoms with van der Waals surface area (Å²) in [4.78, 5) is 4.12. The molecule has 0 aromatic carbocycles. The number of rotatable bonds is 1. The van der Waals surface area contributed by atoms with Crippen molar-refractivity contribution < 1.29 is 4.58 Å². The van der Waals surface area contributed by atoms with Crippen LogP contribution in [0.25, 0.3) is 0 Å². The molecule has 0 radical (unpaired) electrons. The van der Waals surface area contributed by atoms with Gasteiger partial charge < -0.3 is 0 Å². The molecular formula is C10H13N2+. The molecule has 1 aromatic rings. The highest BCUT2D eigenvalue weighted by molar-refractivity contribution is 5.53. The minimum atomic E-state index is 0.554. The topological polar surface area (TPSA) is 15.9 Å². The first-order chi connectivity index (χ1) is 5.88. The van der Waals surface area contributed by atoms with Crippen LogP contribution in [0.3, 0.4) is 0 Å². The lowest BCUT2D eigenvalue weighted by Crippen LogP contribution is -2.08. The first-order valence-electron chi connectivity index (χ1n) is 4.33. The van der Waals surface area contributed by atoms with Gasteiger partial charge in [-0.25, -0.2) is 4.58 Å². The molecule has 0 fully saturated rings. The molecule has 0 bridgehead atoms. The van der Waals surface area contributed by atoms with Gasteiger partial charge in [0.1, 0.15) is 13.3 Å². The summed E-state index contributed by atoms with van der Waals surface area (Å²) in [5, 5.41) is 0. The molecule has 0 amide bonds. The average molecular weight is 161 g/mol. The van der Waals surface area contributed by atoms with Gasteiger partial charge in [0.05, 0.1) is 0 Å². The minimum Gasteiger partial charge on any atom is -0.264 e. The molecule has 0 saturated heterocycles. The standard InChI is InChI=1S/C10H13N2/c1-12-7-3-5-10(12)9-4-2-6-11-8-9/h2,4,6-8,10H,3,5H2,1H3/q+1/t10-/m0/s1. The molecule has 1 aliphatic heterocycles. The predicted octanol–water partition coefficient (Wildman–Crippen LogP) is 1.63. The van der Waals surface area contributed by atoms with E-state index in [1.807, 2.05) is 18.5 Å². The van der Waals surface area contributed by atoms with Crippen molar-refractivity contribution in [1.29, 1.82) is 0 Å². The Balaban J connectivity index is 2.27. The summed E-state index contributed by atoms with van der Waals surface area (Å²) in [6.07, 6.45) is 8.44. The second-order valence-corrected chi connectivity index (χ2v) is 3.23. The molecule has 2 heteroatoms. The quantitative estimate of drug-likeness (QED) is 0.572. The van der Waals surface area contributed by atoms with Gasteiger partial charge in [-0.15, -0.1) is 0 Å². The Morgan fingerprint density at radius 2 is 2.50 bits per heavy atom. The van der Waals surface area contributed by atoms with E-state index in [9.17, 15) is 0 Å². The Bertz CT molecular complexity index is 290. The van der Waals surface area contributed by atoms with E-state index < -0.39 is 0 Å². The normalized spacial score (nSPS) is 22.4. The molecule has 0 aliphatic carbocycles. The molecule has 12 heavy (non-hydrogen) atoms. The summed E-state index contributed by atoms with van der Waals surface area (Å²) in [6.45, 7) is 0. The summed E-state index contributed by atoms with van der Waals surface area (Å²) < 4.78 is 2.27. The molecule has 62 valence electrons. The van der Waals surface area contributed by atoms with Gasteiger partial charge in [-0.3, -0.25) is 4.98 Å². The third-order valence-electron chi connectivity index (χ3n) is 2.42. The van der Waals surface area contributed by atoms with E-state index in [0.29, 0.717) is 6.04 Å². The fourth-order valence-corrected chi connectivity index (χ4v) is 1.74. The van der Waals surface area contributed by atoms with Crippen LogP contribution in [0.15, 0.2) is 24.5 Å². The SMILES string of the molecule is C[N+]1=CCC[C@H]1c1cccnc1. The lowest BCUT2D eigenvalue weighted by Gasteiger charge is -2.05. The van der Waals surface area contributed by atoms with Gasteiger partial charge in [-0.2, -0.15) is 0 Å². The fraction of sp³-hybridized carbons (Fsp3) is 0.400. The molecule has 0 spiro atoms. The van der Waals surface area contributed by atoms with Gasteiger partial charge in [0.15, 0.2) is 6.04 Å². The maximum Gasteiger partial charge on any atom is 0.179 e. The van der Waals surface area contributed by atoms with Crippen LogP contribution >= 0.6 is 0 Å². The minimum absolute atomic E-state index is 0.554. The first-order valence-corrected chi connectivity index (χ1v) is 4.33. The number of hydrogen-bond donors (Lipinski definition) is 0. The van der Waals surface area contributed by atoms with Gasteiger partial charge in [-0.05, 0) is 12.1 Å². The van der Waals surface area contributed by atoms with Crippen molar-refractivity contribution in [3.8, 4) is 0 Å². The fourth-order valence-electron chi connectivity index (χ4n) is 1.74. The zero-order valence-corrected chi connectivity index (χ0v) is 7.27. The van der Waals surface area contributed by atoms with Gasteiger partial charge in [0.25, 0.3) is 0 Å². The van der Waals surface area contributed by atoms with E-state index in [2.05, 4.69) is 28.9 Å². The summed E-state index contributed by atoms with van der Waals surface area (Å²) in [6, 6.07) is 4.70.